The van der Waals surface area contributed by atoms with Crippen LogP contribution in [0, 0.1) is 0 Å². The van der Waals surface area contributed by atoms with E-state index in [1.165, 1.54) is 0 Å². The van der Waals surface area contributed by atoms with Gasteiger partial charge in [-0.1, -0.05) is 11.6 Å². The topological polar surface area (TPSA) is 36.4 Å². The lowest BCUT2D eigenvalue weighted by molar-refractivity contribution is -0.137. The molecule has 1 N–H and O–H groups in total. The van der Waals surface area contributed by atoms with E-state index >= 15 is 0 Å². The summed E-state index contributed by atoms with van der Waals surface area (Å²) in [6.07, 6.45) is -2.72. The Hall–Kier alpha value is -1.01. The molecule has 0 aromatic carbocycles. The number of pyridine rings is 1. The van der Waals surface area contributed by atoms with Gasteiger partial charge in [0.2, 0.25) is 0 Å². The normalized spacial score (nSPS) is 21.2. The number of β-amino-alcohol motifs (C(OH)–C–C–N with tert-alkyl or cyclic N) is 1. The summed E-state index contributed by atoms with van der Waals surface area (Å²) >= 11 is 5.83. The first-order chi connectivity index (χ1) is 8.38. The van der Waals surface area contributed by atoms with Crippen LogP contribution >= 0.6 is 11.6 Å². The predicted octanol–water partition coefficient (Wildman–Crippen LogP) is 2.71. The molecule has 0 radical (unpaired) electrons. The van der Waals surface area contributed by atoms with Crippen molar-refractivity contribution < 1.29 is 18.3 Å². The molecule has 100 valence electrons. The van der Waals surface area contributed by atoms with Crippen LogP contribution in [0.4, 0.5) is 19.0 Å². The number of piperidine rings is 1. The second kappa shape index (κ2) is 4.93. The zero-order chi connectivity index (χ0) is 13.3. The molecule has 0 saturated carbocycles. The summed E-state index contributed by atoms with van der Waals surface area (Å²) < 4.78 is 37.4. The van der Waals surface area contributed by atoms with Crippen molar-refractivity contribution in [3.05, 3.63) is 22.8 Å². The first-order valence-electron chi connectivity index (χ1n) is 5.53. The maximum atomic E-state index is 12.5. The predicted molar refractivity (Wildman–Crippen MR) is 61.7 cm³/mol. The lowest BCUT2D eigenvalue weighted by atomic mass is 10.1. The monoisotopic (exact) mass is 280 g/mol. The molecule has 3 nitrogen and oxygen atoms in total. The number of halogens is 4. The largest absolute Gasteiger partial charge is 0.417 e. The van der Waals surface area contributed by atoms with E-state index in [2.05, 4.69) is 4.98 Å². The highest BCUT2D eigenvalue weighted by Crippen LogP contribution is 2.34. The van der Waals surface area contributed by atoms with Gasteiger partial charge in [-0.05, 0) is 18.9 Å². The third kappa shape index (κ3) is 2.87. The zero-order valence-electron chi connectivity index (χ0n) is 9.41. The van der Waals surface area contributed by atoms with Gasteiger partial charge in [-0.15, -0.1) is 0 Å². The summed E-state index contributed by atoms with van der Waals surface area (Å²) in [5.41, 5.74) is -0.867. The summed E-state index contributed by atoms with van der Waals surface area (Å²) in [5.74, 6) is 0.295. The Morgan fingerprint density at radius 3 is 2.72 bits per heavy atom. The number of rotatable bonds is 1. The van der Waals surface area contributed by atoms with E-state index in [0.29, 0.717) is 25.3 Å². The van der Waals surface area contributed by atoms with Crippen LogP contribution in [-0.4, -0.2) is 29.3 Å². The standard InChI is InChI=1S/C11H12ClF3N2O/c12-9-4-7(11(13,14)15)5-16-10(9)17-3-1-2-8(18)6-17/h4-5,8,18H,1-3,6H2. The summed E-state index contributed by atoms with van der Waals surface area (Å²) in [4.78, 5) is 5.47. The third-order valence-electron chi connectivity index (χ3n) is 2.85. The second-order valence-corrected chi connectivity index (χ2v) is 4.68. The van der Waals surface area contributed by atoms with E-state index in [0.717, 1.165) is 18.7 Å². The van der Waals surface area contributed by atoms with E-state index < -0.39 is 17.8 Å². The average Bonchev–Trinajstić information content (AvgIpc) is 2.27. The van der Waals surface area contributed by atoms with Crippen LogP contribution in [0.3, 0.4) is 0 Å². The number of hydrogen-bond acceptors (Lipinski definition) is 3. The van der Waals surface area contributed by atoms with Crippen LogP contribution in [0.1, 0.15) is 18.4 Å². The van der Waals surface area contributed by atoms with Gasteiger partial charge in [0, 0.05) is 19.3 Å². The summed E-state index contributed by atoms with van der Waals surface area (Å²) in [6.45, 7) is 0.979. The van der Waals surface area contributed by atoms with Crippen molar-refractivity contribution in [1.29, 1.82) is 0 Å². The van der Waals surface area contributed by atoms with Crippen molar-refractivity contribution >= 4 is 17.4 Å². The van der Waals surface area contributed by atoms with Crippen molar-refractivity contribution in [2.45, 2.75) is 25.1 Å². The van der Waals surface area contributed by atoms with Gasteiger partial charge < -0.3 is 10.0 Å². The Bertz CT molecular complexity index is 439. The lowest BCUT2D eigenvalue weighted by Crippen LogP contribution is -2.38. The fourth-order valence-corrected chi connectivity index (χ4v) is 2.25. The molecule has 2 heterocycles. The summed E-state index contributed by atoms with van der Waals surface area (Å²) in [7, 11) is 0. The average molecular weight is 281 g/mol. The van der Waals surface area contributed by atoms with Crippen LogP contribution in [-0.2, 0) is 6.18 Å². The first-order valence-corrected chi connectivity index (χ1v) is 5.91. The van der Waals surface area contributed by atoms with Crippen LogP contribution in [0.5, 0.6) is 0 Å². The van der Waals surface area contributed by atoms with Crippen molar-refractivity contribution in [1.82, 2.24) is 4.98 Å². The van der Waals surface area contributed by atoms with Gasteiger partial charge in [-0.2, -0.15) is 13.2 Å². The number of aliphatic hydroxyl groups excluding tert-OH is 1. The Morgan fingerprint density at radius 2 is 2.17 bits per heavy atom. The number of nitrogens with zero attached hydrogens (tertiary/aromatic N) is 2. The zero-order valence-corrected chi connectivity index (χ0v) is 10.2. The molecule has 2 rings (SSSR count). The Labute approximate surface area is 107 Å². The van der Waals surface area contributed by atoms with Gasteiger partial charge in [0.15, 0.2) is 0 Å². The van der Waals surface area contributed by atoms with E-state index in [9.17, 15) is 18.3 Å². The van der Waals surface area contributed by atoms with E-state index in [1.54, 1.807) is 4.90 Å². The fraction of sp³-hybridized carbons (Fsp3) is 0.545. The fourth-order valence-electron chi connectivity index (χ4n) is 1.97. The van der Waals surface area contributed by atoms with Gasteiger partial charge in [0.1, 0.15) is 5.82 Å². The maximum absolute atomic E-state index is 12.5. The molecule has 18 heavy (non-hydrogen) atoms. The lowest BCUT2D eigenvalue weighted by Gasteiger charge is -2.31. The first kappa shape index (κ1) is 13.4. The molecule has 1 unspecified atom stereocenters. The van der Waals surface area contributed by atoms with Gasteiger partial charge in [0.25, 0.3) is 0 Å². The summed E-state index contributed by atoms with van der Waals surface area (Å²) in [6, 6.07) is 0.866. The maximum Gasteiger partial charge on any atom is 0.417 e. The van der Waals surface area contributed by atoms with Gasteiger partial charge in [0.05, 0.1) is 16.7 Å². The number of aliphatic hydroxyl groups is 1. The van der Waals surface area contributed by atoms with Crippen molar-refractivity contribution in [2.75, 3.05) is 18.0 Å². The van der Waals surface area contributed by atoms with Crippen LogP contribution in [0.15, 0.2) is 12.3 Å². The molecule has 0 aliphatic carbocycles. The molecule has 1 atom stereocenters. The molecule has 1 aromatic rings. The van der Waals surface area contributed by atoms with E-state index in [4.69, 9.17) is 11.6 Å². The molecule has 1 saturated heterocycles. The molecule has 7 heteroatoms. The molecular weight excluding hydrogens is 269 g/mol. The molecular formula is C11H12ClF3N2O. The molecule has 0 bridgehead atoms. The van der Waals surface area contributed by atoms with Crippen molar-refractivity contribution in [2.24, 2.45) is 0 Å². The SMILES string of the molecule is OC1CCCN(c2ncc(C(F)(F)F)cc2Cl)C1. The van der Waals surface area contributed by atoms with Crippen LogP contribution < -0.4 is 4.90 Å². The molecule has 1 fully saturated rings. The van der Waals surface area contributed by atoms with Gasteiger partial charge in [-0.3, -0.25) is 0 Å². The van der Waals surface area contributed by atoms with Crippen LogP contribution in [0.25, 0.3) is 0 Å². The number of aromatic nitrogens is 1. The Balaban J connectivity index is 2.24. The molecule has 1 aliphatic heterocycles. The van der Waals surface area contributed by atoms with Crippen molar-refractivity contribution in [3.63, 3.8) is 0 Å². The van der Waals surface area contributed by atoms with Gasteiger partial charge >= 0.3 is 6.18 Å². The highest BCUT2D eigenvalue weighted by atomic mass is 35.5. The van der Waals surface area contributed by atoms with E-state index in [1.807, 2.05) is 0 Å². The minimum absolute atomic E-state index is 0.0427. The van der Waals surface area contributed by atoms with Crippen LogP contribution in [0.2, 0.25) is 5.02 Å². The van der Waals surface area contributed by atoms with E-state index in [-0.39, 0.29) is 5.02 Å². The third-order valence-corrected chi connectivity index (χ3v) is 3.12. The quantitative estimate of drug-likeness (QED) is 0.859. The molecule has 0 spiro atoms. The highest BCUT2D eigenvalue weighted by Gasteiger charge is 2.32. The minimum atomic E-state index is -4.45. The number of hydrogen-bond donors (Lipinski definition) is 1. The molecule has 0 amide bonds. The minimum Gasteiger partial charge on any atom is -0.391 e. The number of anilines is 1. The molecule has 1 aromatic heterocycles. The highest BCUT2D eigenvalue weighted by molar-refractivity contribution is 6.33. The Morgan fingerprint density at radius 1 is 1.44 bits per heavy atom. The smallest absolute Gasteiger partial charge is 0.391 e. The second-order valence-electron chi connectivity index (χ2n) is 4.27. The Kier molecular flexibility index (Phi) is 3.68. The molecule has 1 aliphatic rings. The number of alkyl halides is 3. The summed E-state index contributed by atoms with van der Waals surface area (Å²) in [5, 5.41) is 9.48. The van der Waals surface area contributed by atoms with Crippen molar-refractivity contribution in [3.8, 4) is 0 Å². The van der Waals surface area contributed by atoms with Gasteiger partial charge in [-0.25, -0.2) is 4.98 Å².